The topological polar surface area (TPSA) is 155 Å². The monoisotopic (exact) mass is 962 g/mol. The molecule has 0 aromatic carbocycles. The first-order valence-electron chi connectivity index (χ1n) is 27.0. The van der Waals surface area contributed by atoms with Gasteiger partial charge in [0.1, 0.15) is 12.1 Å². The van der Waals surface area contributed by atoms with Crippen molar-refractivity contribution in [1.29, 1.82) is 0 Å². The molecule has 4 N–H and O–H groups in total. The van der Waals surface area contributed by atoms with E-state index in [4.69, 9.17) is 29.4 Å². The lowest BCUT2D eigenvalue weighted by Crippen LogP contribution is -2.34. The van der Waals surface area contributed by atoms with Crippen LogP contribution in [0, 0.1) is 0 Å². The molecule has 0 aliphatic heterocycles. The number of hydrogen-bond donors (Lipinski definition) is 3. The minimum Gasteiger partial charge on any atom is -0.480 e. The third-order valence-electron chi connectivity index (χ3n) is 11.5. The third-order valence-corrected chi connectivity index (χ3v) is 12.4. The summed E-state index contributed by atoms with van der Waals surface area (Å²) in [6, 6.07) is -1.48. The first-order chi connectivity index (χ1) is 32.7. The quantitative estimate of drug-likeness (QED) is 0.0232. The molecule has 388 valence electrons. The molecule has 0 aliphatic rings. The van der Waals surface area contributed by atoms with Gasteiger partial charge in [0.15, 0.2) is 0 Å². The molecule has 0 saturated carbocycles. The first kappa shape index (κ1) is 64.4. The number of carboxylic acid groups (broad SMARTS) is 1. The number of phosphoric acid groups is 1. The van der Waals surface area contributed by atoms with Gasteiger partial charge < -0.3 is 25.2 Å². The Balaban J connectivity index is 4.13. The van der Waals surface area contributed by atoms with Crippen molar-refractivity contribution in [3.05, 3.63) is 72.9 Å². The number of carboxylic acids is 1. The van der Waals surface area contributed by atoms with E-state index in [2.05, 4.69) is 86.8 Å². The summed E-state index contributed by atoms with van der Waals surface area (Å²) in [4.78, 5) is 33.7. The largest absolute Gasteiger partial charge is 0.480 e. The van der Waals surface area contributed by atoms with Crippen LogP contribution in [0.3, 0.4) is 0 Å². The predicted octanol–water partition coefficient (Wildman–Crippen LogP) is 16.1. The summed E-state index contributed by atoms with van der Waals surface area (Å²) in [5.41, 5.74) is 5.38. The van der Waals surface area contributed by atoms with Gasteiger partial charge in [-0.1, -0.05) is 215 Å². The van der Waals surface area contributed by atoms with E-state index >= 15 is 0 Å². The maximum absolute atomic E-state index is 12.7. The molecule has 10 nitrogen and oxygen atoms in total. The summed E-state index contributed by atoms with van der Waals surface area (Å²) in [5, 5.41) is 8.94. The van der Waals surface area contributed by atoms with Crippen molar-refractivity contribution >= 4 is 19.8 Å². The van der Waals surface area contributed by atoms with E-state index in [1.807, 2.05) is 0 Å². The molecule has 0 aromatic heterocycles. The van der Waals surface area contributed by atoms with Crippen LogP contribution in [0.25, 0.3) is 0 Å². The van der Waals surface area contributed by atoms with Crippen molar-refractivity contribution in [3.63, 3.8) is 0 Å². The van der Waals surface area contributed by atoms with Crippen molar-refractivity contribution in [2.24, 2.45) is 5.73 Å². The van der Waals surface area contributed by atoms with Gasteiger partial charge in [-0.2, -0.15) is 0 Å². The molecule has 0 fully saturated rings. The Morgan fingerprint density at radius 1 is 0.493 bits per heavy atom. The van der Waals surface area contributed by atoms with Crippen LogP contribution >= 0.6 is 7.82 Å². The summed E-state index contributed by atoms with van der Waals surface area (Å²) in [6.45, 7) is 3.77. The highest BCUT2D eigenvalue weighted by molar-refractivity contribution is 7.47. The van der Waals surface area contributed by atoms with Crippen LogP contribution in [-0.4, -0.2) is 60.5 Å². The van der Waals surface area contributed by atoms with E-state index < -0.39 is 45.1 Å². The number of carbonyl (C=O) groups is 2. The number of unbranched alkanes of at least 4 members (excludes halogenated alkanes) is 25. The highest BCUT2D eigenvalue weighted by atomic mass is 31.2. The average molecular weight is 962 g/mol. The molecule has 0 spiro atoms. The van der Waals surface area contributed by atoms with Crippen LogP contribution in [-0.2, 0) is 32.7 Å². The molecule has 67 heavy (non-hydrogen) atoms. The summed E-state index contributed by atoms with van der Waals surface area (Å²) in [5.74, 6) is -1.79. The standard InChI is InChI=1S/C56H100NO9P/c1-3-5-7-9-11-13-15-17-19-21-23-25-26-27-29-31-33-35-37-39-41-43-45-47-49-63-50-53(51-64-67(61,62)65-52-54(57)56(59)60)66-55(58)48-46-44-42-40-38-36-34-32-30-28-24-22-20-18-16-14-12-10-8-6-4-2/h6,8,12,14-15,17-18,20-21,23-24,28,53-54H,3-5,7,9-11,13,16,19,22,25-27,29-52,57H2,1-2H3,(H,59,60)(H,61,62)/b8-6-,14-12-,17-15-,20-18-,23-21-,28-24-. The van der Waals surface area contributed by atoms with E-state index in [9.17, 15) is 19.0 Å². The average Bonchev–Trinajstić information content (AvgIpc) is 3.31. The van der Waals surface area contributed by atoms with E-state index in [1.165, 1.54) is 128 Å². The lowest BCUT2D eigenvalue weighted by molar-refractivity contribution is -0.154. The lowest BCUT2D eigenvalue weighted by Gasteiger charge is -2.20. The molecule has 0 aromatic rings. The number of rotatable bonds is 51. The number of nitrogens with two attached hydrogens (primary N) is 1. The number of ether oxygens (including phenoxy) is 2. The van der Waals surface area contributed by atoms with Crippen LogP contribution < -0.4 is 5.73 Å². The summed E-state index contributed by atoms with van der Waals surface area (Å²) in [7, 11) is -4.63. The number of hydrogen-bond acceptors (Lipinski definition) is 8. The number of aliphatic carboxylic acids is 1. The molecule has 0 heterocycles. The normalized spacial score (nSPS) is 14.2. The predicted molar refractivity (Wildman–Crippen MR) is 281 cm³/mol. The van der Waals surface area contributed by atoms with Crippen LogP contribution in [0.2, 0.25) is 0 Å². The number of esters is 1. The van der Waals surface area contributed by atoms with Gasteiger partial charge in [0.25, 0.3) is 0 Å². The smallest absolute Gasteiger partial charge is 0.472 e. The Morgan fingerprint density at radius 2 is 0.866 bits per heavy atom. The fourth-order valence-corrected chi connectivity index (χ4v) is 8.11. The van der Waals surface area contributed by atoms with Crippen LogP contribution in [0.5, 0.6) is 0 Å². The Labute approximate surface area is 410 Å². The highest BCUT2D eigenvalue weighted by Gasteiger charge is 2.27. The Bertz CT molecular complexity index is 1340. The van der Waals surface area contributed by atoms with Gasteiger partial charge in [0.2, 0.25) is 0 Å². The Kier molecular flexibility index (Phi) is 49.3. The maximum atomic E-state index is 12.7. The highest BCUT2D eigenvalue weighted by Crippen LogP contribution is 2.43. The van der Waals surface area contributed by atoms with Gasteiger partial charge in [-0.05, 0) is 83.5 Å². The Morgan fingerprint density at radius 3 is 1.30 bits per heavy atom. The molecule has 3 unspecified atom stereocenters. The zero-order valence-electron chi connectivity index (χ0n) is 42.7. The molecular formula is C56H100NO9P. The fourth-order valence-electron chi connectivity index (χ4n) is 7.33. The molecule has 0 saturated heterocycles. The van der Waals surface area contributed by atoms with Crippen molar-refractivity contribution in [1.82, 2.24) is 0 Å². The second kappa shape index (κ2) is 51.3. The number of carbonyl (C=O) groups excluding carboxylic acids is 1. The second-order valence-corrected chi connectivity index (χ2v) is 19.4. The lowest BCUT2D eigenvalue weighted by atomic mass is 10.0. The molecule has 0 radical (unpaired) electrons. The Hall–Kier alpha value is -2.59. The molecular weight excluding hydrogens is 862 g/mol. The second-order valence-electron chi connectivity index (χ2n) is 18.0. The molecule has 11 heteroatoms. The zero-order chi connectivity index (χ0) is 49.0. The van der Waals surface area contributed by atoms with Crippen molar-refractivity contribution in [3.8, 4) is 0 Å². The van der Waals surface area contributed by atoms with Crippen LogP contribution in [0.15, 0.2) is 72.9 Å². The minimum absolute atomic E-state index is 0.0102. The maximum Gasteiger partial charge on any atom is 0.472 e. The van der Waals surface area contributed by atoms with Crippen molar-refractivity contribution in [2.45, 2.75) is 244 Å². The van der Waals surface area contributed by atoms with Gasteiger partial charge in [0.05, 0.1) is 19.8 Å². The first-order valence-corrected chi connectivity index (χ1v) is 28.5. The summed E-state index contributed by atoms with van der Waals surface area (Å²) in [6.07, 6.45) is 65.3. The van der Waals surface area contributed by atoms with Crippen molar-refractivity contribution in [2.75, 3.05) is 26.4 Å². The van der Waals surface area contributed by atoms with Crippen LogP contribution in [0.1, 0.15) is 232 Å². The minimum atomic E-state index is -4.63. The SMILES string of the molecule is CC/C=C\C/C=C\C/C=C\C/C=C\CCCCCCCCCCC(=O)OC(COCCCCCCCCCCCCCC/C=C\C/C=C\CCCCCCC)COP(=O)(O)OCC(N)C(=O)O. The summed E-state index contributed by atoms with van der Waals surface area (Å²) < 4.78 is 33.6. The summed E-state index contributed by atoms with van der Waals surface area (Å²) >= 11 is 0. The third kappa shape index (κ3) is 51.1. The fraction of sp³-hybridized carbons (Fsp3) is 0.750. The molecule has 0 rings (SSSR count). The molecule has 3 atom stereocenters. The molecule has 0 bridgehead atoms. The van der Waals surface area contributed by atoms with Gasteiger partial charge in [-0.15, -0.1) is 0 Å². The van der Waals surface area contributed by atoms with Gasteiger partial charge >= 0.3 is 19.8 Å². The van der Waals surface area contributed by atoms with Crippen molar-refractivity contribution < 1.29 is 42.7 Å². The number of allylic oxidation sites excluding steroid dienone is 12. The van der Waals surface area contributed by atoms with E-state index in [1.54, 1.807) is 0 Å². The van der Waals surface area contributed by atoms with E-state index in [-0.39, 0.29) is 13.0 Å². The van der Waals surface area contributed by atoms with Gasteiger partial charge in [-0.25, -0.2) is 4.57 Å². The zero-order valence-corrected chi connectivity index (χ0v) is 43.6. The number of phosphoric ester groups is 1. The van der Waals surface area contributed by atoms with E-state index in [0.29, 0.717) is 13.0 Å². The molecule has 0 amide bonds. The van der Waals surface area contributed by atoms with E-state index in [0.717, 1.165) is 77.0 Å². The van der Waals surface area contributed by atoms with Crippen LogP contribution in [0.4, 0.5) is 0 Å². The van der Waals surface area contributed by atoms with Gasteiger partial charge in [0, 0.05) is 13.0 Å². The molecule has 0 aliphatic carbocycles. The van der Waals surface area contributed by atoms with Gasteiger partial charge in [-0.3, -0.25) is 18.6 Å².